The summed E-state index contributed by atoms with van der Waals surface area (Å²) in [6, 6.07) is 2.43. The van der Waals surface area contributed by atoms with Gasteiger partial charge in [0.25, 0.3) is 0 Å². The Morgan fingerprint density at radius 3 is 2.50 bits per heavy atom. The van der Waals surface area contributed by atoms with Gasteiger partial charge >= 0.3 is 0 Å². The van der Waals surface area contributed by atoms with E-state index in [-0.39, 0.29) is 16.7 Å². The van der Waals surface area contributed by atoms with Crippen LogP contribution in [-0.4, -0.2) is 39.5 Å². The molecule has 8 heteroatoms. The molecule has 114 valence electrons. The van der Waals surface area contributed by atoms with E-state index in [0.717, 1.165) is 19.2 Å². The highest BCUT2D eigenvalue weighted by molar-refractivity contribution is 9.10. The zero-order valence-corrected chi connectivity index (χ0v) is 13.9. The van der Waals surface area contributed by atoms with Crippen molar-refractivity contribution < 1.29 is 12.8 Å². The minimum absolute atomic E-state index is 0.0293. The predicted octanol–water partition coefficient (Wildman–Crippen LogP) is 1.79. The van der Waals surface area contributed by atoms with E-state index >= 15 is 0 Å². The number of nitrogen functional groups attached to an aromatic ring is 1. The van der Waals surface area contributed by atoms with Crippen molar-refractivity contribution in [2.45, 2.75) is 18.7 Å². The maximum atomic E-state index is 13.9. The molecule has 0 aliphatic rings. The Bertz CT molecular complexity index is 562. The summed E-state index contributed by atoms with van der Waals surface area (Å²) < 4.78 is 40.4. The van der Waals surface area contributed by atoms with Gasteiger partial charge in [-0.3, -0.25) is 0 Å². The van der Waals surface area contributed by atoms with Crippen LogP contribution in [0.2, 0.25) is 0 Å². The minimum Gasteiger partial charge on any atom is -0.399 e. The lowest BCUT2D eigenvalue weighted by molar-refractivity contribution is 0.309. The predicted molar refractivity (Wildman–Crippen MR) is 81.5 cm³/mol. The quantitative estimate of drug-likeness (QED) is 0.720. The van der Waals surface area contributed by atoms with Gasteiger partial charge in [0, 0.05) is 18.8 Å². The lowest BCUT2D eigenvalue weighted by Gasteiger charge is -2.18. The number of hydrogen-bond acceptors (Lipinski definition) is 4. The number of anilines is 1. The van der Waals surface area contributed by atoms with Gasteiger partial charge < -0.3 is 10.6 Å². The van der Waals surface area contributed by atoms with Gasteiger partial charge in [0.1, 0.15) is 4.90 Å². The second-order valence-electron chi connectivity index (χ2n) is 4.24. The Hall–Kier alpha value is -0.700. The van der Waals surface area contributed by atoms with Crippen LogP contribution in [-0.2, 0) is 10.0 Å². The third kappa shape index (κ3) is 4.41. The summed E-state index contributed by atoms with van der Waals surface area (Å²) in [5, 5.41) is 0. The molecule has 0 amide bonds. The first kappa shape index (κ1) is 17.4. The lowest BCUT2D eigenvalue weighted by Crippen LogP contribution is -2.35. The first-order valence-corrected chi connectivity index (χ1v) is 8.56. The SMILES string of the molecule is CCN(CC)CCNS(=O)(=O)c1cc(N)cc(Br)c1F. The second kappa shape index (κ2) is 7.35. The summed E-state index contributed by atoms with van der Waals surface area (Å²) in [7, 11) is -3.91. The number of sulfonamides is 1. The second-order valence-corrected chi connectivity index (χ2v) is 6.83. The van der Waals surface area contributed by atoms with Gasteiger partial charge in [0.05, 0.1) is 4.47 Å². The lowest BCUT2D eigenvalue weighted by atomic mass is 10.3. The molecular weight excluding hydrogens is 349 g/mol. The molecule has 0 aromatic heterocycles. The Kier molecular flexibility index (Phi) is 6.38. The van der Waals surface area contributed by atoms with E-state index in [4.69, 9.17) is 5.73 Å². The van der Waals surface area contributed by atoms with Gasteiger partial charge in [-0.25, -0.2) is 17.5 Å². The molecule has 0 saturated heterocycles. The fraction of sp³-hybridized carbons (Fsp3) is 0.500. The number of nitrogens with zero attached hydrogens (tertiary/aromatic N) is 1. The van der Waals surface area contributed by atoms with Crippen molar-refractivity contribution >= 4 is 31.6 Å². The molecule has 20 heavy (non-hydrogen) atoms. The molecule has 0 aliphatic heterocycles. The highest BCUT2D eigenvalue weighted by Gasteiger charge is 2.21. The fourth-order valence-corrected chi connectivity index (χ4v) is 3.50. The zero-order valence-electron chi connectivity index (χ0n) is 11.5. The topological polar surface area (TPSA) is 75.4 Å². The summed E-state index contributed by atoms with van der Waals surface area (Å²) in [4.78, 5) is 1.62. The van der Waals surface area contributed by atoms with Crippen LogP contribution in [0, 0.1) is 5.82 Å². The van der Waals surface area contributed by atoms with Crippen LogP contribution in [0.5, 0.6) is 0 Å². The van der Waals surface area contributed by atoms with Crippen molar-refractivity contribution in [3.8, 4) is 0 Å². The molecule has 1 aromatic carbocycles. The van der Waals surface area contributed by atoms with E-state index in [0.29, 0.717) is 6.54 Å². The van der Waals surface area contributed by atoms with Crippen molar-refractivity contribution in [3.63, 3.8) is 0 Å². The number of nitrogens with one attached hydrogen (secondary N) is 1. The standard InChI is InChI=1S/C12H19BrFN3O2S/c1-3-17(4-2)6-5-16-20(18,19)11-8-9(15)7-10(13)12(11)14/h7-8,16H,3-6,15H2,1-2H3. The summed E-state index contributed by atoms with van der Waals surface area (Å²) >= 11 is 2.95. The number of benzene rings is 1. The first-order chi connectivity index (χ1) is 9.31. The van der Waals surface area contributed by atoms with E-state index in [1.165, 1.54) is 6.07 Å². The zero-order chi connectivity index (χ0) is 15.3. The van der Waals surface area contributed by atoms with Crippen LogP contribution in [0.25, 0.3) is 0 Å². The number of nitrogens with two attached hydrogens (primary N) is 1. The van der Waals surface area contributed by atoms with Crippen LogP contribution < -0.4 is 10.5 Å². The number of likely N-dealkylation sites (N-methyl/N-ethyl adjacent to an activating group) is 1. The monoisotopic (exact) mass is 367 g/mol. The van der Waals surface area contributed by atoms with Gasteiger partial charge in [-0.15, -0.1) is 0 Å². The minimum atomic E-state index is -3.91. The summed E-state index contributed by atoms with van der Waals surface area (Å²) in [5.74, 6) is -0.838. The Labute approximate surface area is 127 Å². The van der Waals surface area contributed by atoms with Crippen LogP contribution in [0.4, 0.5) is 10.1 Å². The molecule has 0 aliphatic carbocycles. The van der Waals surface area contributed by atoms with Crippen LogP contribution in [0.3, 0.4) is 0 Å². The molecule has 0 spiro atoms. The number of hydrogen-bond donors (Lipinski definition) is 2. The Morgan fingerprint density at radius 1 is 1.35 bits per heavy atom. The molecule has 0 unspecified atom stereocenters. The third-order valence-electron chi connectivity index (χ3n) is 2.92. The van der Waals surface area contributed by atoms with Crippen molar-refractivity contribution in [1.29, 1.82) is 0 Å². The van der Waals surface area contributed by atoms with E-state index in [1.807, 2.05) is 13.8 Å². The van der Waals surface area contributed by atoms with Crippen molar-refractivity contribution in [2.75, 3.05) is 31.9 Å². The van der Waals surface area contributed by atoms with Crippen LogP contribution >= 0.6 is 15.9 Å². The van der Waals surface area contributed by atoms with Crippen molar-refractivity contribution in [2.24, 2.45) is 0 Å². The highest BCUT2D eigenvalue weighted by Crippen LogP contribution is 2.25. The third-order valence-corrected chi connectivity index (χ3v) is 4.96. The van der Waals surface area contributed by atoms with Crippen molar-refractivity contribution in [1.82, 2.24) is 9.62 Å². The molecule has 0 atom stereocenters. The fourth-order valence-electron chi connectivity index (χ4n) is 1.74. The largest absolute Gasteiger partial charge is 0.399 e. The highest BCUT2D eigenvalue weighted by atomic mass is 79.9. The van der Waals surface area contributed by atoms with Crippen LogP contribution in [0.15, 0.2) is 21.5 Å². The smallest absolute Gasteiger partial charge is 0.243 e. The van der Waals surface area contributed by atoms with Gasteiger partial charge in [-0.2, -0.15) is 0 Å². The van der Waals surface area contributed by atoms with Crippen LogP contribution in [0.1, 0.15) is 13.8 Å². The van der Waals surface area contributed by atoms with Gasteiger partial charge in [-0.05, 0) is 41.2 Å². The summed E-state index contributed by atoms with van der Waals surface area (Å²) in [6.07, 6.45) is 0. The normalized spacial score (nSPS) is 12.1. The first-order valence-electron chi connectivity index (χ1n) is 6.28. The maximum absolute atomic E-state index is 13.9. The molecule has 0 bridgehead atoms. The molecule has 1 rings (SSSR count). The Morgan fingerprint density at radius 2 is 1.95 bits per heavy atom. The molecule has 0 saturated carbocycles. The van der Waals surface area contributed by atoms with E-state index in [2.05, 4.69) is 25.6 Å². The average Bonchev–Trinajstić information content (AvgIpc) is 2.38. The van der Waals surface area contributed by atoms with Gasteiger partial charge in [-0.1, -0.05) is 13.8 Å². The van der Waals surface area contributed by atoms with Gasteiger partial charge in [0.15, 0.2) is 5.82 Å². The number of rotatable bonds is 7. The molecule has 0 fully saturated rings. The molecule has 0 heterocycles. The van der Waals surface area contributed by atoms with E-state index in [9.17, 15) is 12.8 Å². The summed E-state index contributed by atoms with van der Waals surface area (Å²) in [6.45, 7) is 6.43. The van der Waals surface area contributed by atoms with Crippen molar-refractivity contribution in [3.05, 3.63) is 22.4 Å². The Balaban J connectivity index is 2.85. The van der Waals surface area contributed by atoms with Gasteiger partial charge in [0.2, 0.25) is 10.0 Å². The molecule has 0 radical (unpaired) electrons. The molecule has 3 N–H and O–H groups in total. The summed E-state index contributed by atoms with van der Waals surface area (Å²) in [5.41, 5.74) is 5.73. The molecule has 5 nitrogen and oxygen atoms in total. The number of halogens is 2. The molecule has 1 aromatic rings. The average molecular weight is 368 g/mol. The van der Waals surface area contributed by atoms with E-state index in [1.54, 1.807) is 0 Å². The molecular formula is C12H19BrFN3O2S. The maximum Gasteiger partial charge on any atom is 0.243 e. The van der Waals surface area contributed by atoms with E-state index < -0.39 is 20.7 Å².